The van der Waals surface area contributed by atoms with Gasteiger partial charge in [-0.25, -0.2) is 4.98 Å². The second-order valence-corrected chi connectivity index (χ2v) is 9.09. The van der Waals surface area contributed by atoms with Gasteiger partial charge in [0.15, 0.2) is 0 Å². The fourth-order valence-electron chi connectivity index (χ4n) is 3.77. The van der Waals surface area contributed by atoms with Crippen molar-refractivity contribution in [3.05, 3.63) is 105 Å². The van der Waals surface area contributed by atoms with E-state index in [1.807, 2.05) is 24.3 Å². The number of nitrogens with zero attached hydrogens (tertiary/aromatic N) is 2. The number of nitrogens with one attached hydrogen (secondary N) is 3. The Morgan fingerprint density at radius 3 is 2.22 bits per heavy atom. The van der Waals surface area contributed by atoms with Crippen LogP contribution in [0, 0.1) is 20.8 Å². The highest BCUT2D eigenvalue weighted by Crippen LogP contribution is 2.20. The van der Waals surface area contributed by atoms with E-state index in [2.05, 4.69) is 58.8 Å². The first-order chi connectivity index (χ1) is 17.3. The molecule has 3 aromatic carbocycles. The quantitative estimate of drug-likeness (QED) is 0.172. The number of hydrogen-bond acceptors (Lipinski definition) is 6. The van der Waals surface area contributed by atoms with Crippen LogP contribution >= 0.6 is 11.6 Å². The lowest BCUT2D eigenvalue weighted by molar-refractivity contribution is 0.102. The van der Waals surface area contributed by atoms with Crippen molar-refractivity contribution in [2.75, 3.05) is 21.7 Å². The molecular weight excluding hydrogens is 472 g/mol. The highest BCUT2D eigenvalue weighted by Gasteiger charge is 2.09. The normalized spacial score (nSPS) is 10.7. The highest BCUT2D eigenvalue weighted by atomic mass is 35.5. The summed E-state index contributed by atoms with van der Waals surface area (Å²) in [4.78, 5) is 21.3. The number of carbonyl (C=O) groups is 1. The topological polar surface area (TPSA) is 105 Å². The van der Waals surface area contributed by atoms with Gasteiger partial charge in [0.1, 0.15) is 11.0 Å². The van der Waals surface area contributed by atoms with Crippen LogP contribution in [-0.2, 0) is 13.1 Å². The van der Waals surface area contributed by atoms with Crippen LogP contribution in [0.4, 0.5) is 23.1 Å². The molecule has 5 N–H and O–H groups in total. The van der Waals surface area contributed by atoms with E-state index >= 15 is 0 Å². The van der Waals surface area contributed by atoms with E-state index in [1.165, 1.54) is 22.3 Å². The summed E-state index contributed by atoms with van der Waals surface area (Å²) in [5.74, 6) is 0.837. The first-order valence-electron chi connectivity index (χ1n) is 11.6. The highest BCUT2D eigenvalue weighted by molar-refractivity contribution is 6.29. The minimum atomic E-state index is -0.222. The zero-order valence-electron chi connectivity index (χ0n) is 20.5. The molecule has 0 unspecified atom stereocenters. The second kappa shape index (κ2) is 11.1. The number of amides is 1. The molecule has 0 aliphatic heterocycles. The van der Waals surface area contributed by atoms with E-state index in [1.54, 1.807) is 30.3 Å². The summed E-state index contributed by atoms with van der Waals surface area (Å²) >= 11 is 6.23. The molecule has 0 atom stereocenters. The van der Waals surface area contributed by atoms with Crippen molar-refractivity contribution < 1.29 is 4.79 Å². The Morgan fingerprint density at radius 1 is 0.861 bits per heavy atom. The van der Waals surface area contributed by atoms with Gasteiger partial charge in [0.25, 0.3) is 5.91 Å². The van der Waals surface area contributed by atoms with Gasteiger partial charge in [0, 0.05) is 24.7 Å². The Morgan fingerprint density at radius 2 is 1.53 bits per heavy atom. The predicted octanol–water partition coefficient (Wildman–Crippen LogP) is 6.11. The predicted molar refractivity (Wildman–Crippen MR) is 148 cm³/mol. The third-order valence-corrected chi connectivity index (χ3v) is 6.22. The first kappa shape index (κ1) is 25.0. The molecule has 1 amide bonds. The maximum atomic E-state index is 12.5. The van der Waals surface area contributed by atoms with Gasteiger partial charge in [-0.15, -0.1) is 0 Å². The van der Waals surface area contributed by atoms with Gasteiger partial charge in [0.2, 0.25) is 5.95 Å². The molecule has 4 rings (SSSR count). The fourth-order valence-corrected chi connectivity index (χ4v) is 3.95. The van der Waals surface area contributed by atoms with Crippen LogP contribution in [-0.4, -0.2) is 15.9 Å². The minimum absolute atomic E-state index is 0.222. The number of anilines is 4. The van der Waals surface area contributed by atoms with Crippen molar-refractivity contribution in [2.24, 2.45) is 0 Å². The van der Waals surface area contributed by atoms with Crippen LogP contribution < -0.4 is 21.7 Å². The molecule has 0 fully saturated rings. The van der Waals surface area contributed by atoms with Crippen LogP contribution in [0.3, 0.4) is 0 Å². The Balaban J connectivity index is 1.36. The maximum Gasteiger partial charge on any atom is 0.255 e. The Kier molecular flexibility index (Phi) is 7.71. The molecule has 4 aromatic rings. The fraction of sp³-hybridized carbons (Fsp3) is 0.179. The van der Waals surface area contributed by atoms with E-state index < -0.39 is 0 Å². The van der Waals surface area contributed by atoms with Crippen molar-refractivity contribution in [1.82, 2.24) is 9.97 Å². The van der Waals surface area contributed by atoms with Gasteiger partial charge in [-0.05, 0) is 72.9 Å². The van der Waals surface area contributed by atoms with Gasteiger partial charge in [-0.1, -0.05) is 48.0 Å². The number of carbonyl (C=O) groups excluding carboxylic acids is 1. The molecule has 36 heavy (non-hydrogen) atoms. The molecular formula is C28H29ClN6O. The van der Waals surface area contributed by atoms with Crippen molar-refractivity contribution >= 4 is 40.6 Å². The summed E-state index contributed by atoms with van der Waals surface area (Å²) in [6.45, 7) is 7.48. The third kappa shape index (κ3) is 6.31. The van der Waals surface area contributed by atoms with Crippen LogP contribution in [0.1, 0.15) is 38.2 Å². The van der Waals surface area contributed by atoms with E-state index in [4.69, 9.17) is 17.3 Å². The molecule has 0 saturated heterocycles. The lowest BCUT2D eigenvalue weighted by Crippen LogP contribution is -2.13. The van der Waals surface area contributed by atoms with Crippen LogP contribution in [0.2, 0.25) is 5.15 Å². The minimum Gasteiger partial charge on any atom is -0.397 e. The number of nitrogens with two attached hydrogens (primary N) is 1. The standard InChI is InChI=1S/C28H29ClN6O/c1-17-12-21(13-18(2)19(17)3)16-31-26-14-25(29)34-28(35-26)32-15-20-8-10-22(11-9-20)27(36)33-24-7-5-4-6-23(24)30/h4-14H,15-16,30H2,1-3H3,(H,33,36)(H2,31,32,34,35). The van der Waals surface area contributed by atoms with Gasteiger partial charge < -0.3 is 21.7 Å². The SMILES string of the molecule is Cc1cc(CNc2cc(Cl)nc(NCc3ccc(C(=O)Nc4ccccc4N)cc3)n2)cc(C)c1C. The van der Waals surface area contributed by atoms with E-state index in [0.717, 1.165) is 5.56 Å². The summed E-state index contributed by atoms with van der Waals surface area (Å²) in [6.07, 6.45) is 0. The largest absolute Gasteiger partial charge is 0.397 e. The number of hydrogen-bond donors (Lipinski definition) is 4. The lowest BCUT2D eigenvalue weighted by atomic mass is 10.0. The van der Waals surface area contributed by atoms with Gasteiger partial charge in [-0.3, -0.25) is 4.79 Å². The van der Waals surface area contributed by atoms with E-state index in [0.29, 0.717) is 46.9 Å². The van der Waals surface area contributed by atoms with Crippen molar-refractivity contribution in [2.45, 2.75) is 33.9 Å². The lowest BCUT2D eigenvalue weighted by Gasteiger charge is -2.12. The zero-order valence-corrected chi connectivity index (χ0v) is 21.3. The molecule has 0 aliphatic rings. The van der Waals surface area contributed by atoms with E-state index in [9.17, 15) is 4.79 Å². The van der Waals surface area contributed by atoms with Gasteiger partial charge in [-0.2, -0.15) is 4.98 Å². The molecule has 0 bridgehead atoms. The first-order valence-corrected chi connectivity index (χ1v) is 12.0. The number of benzene rings is 3. The third-order valence-electron chi connectivity index (χ3n) is 6.03. The van der Waals surface area contributed by atoms with Crippen LogP contribution in [0.25, 0.3) is 0 Å². The Hall–Kier alpha value is -4.10. The van der Waals surface area contributed by atoms with Gasteiger partial charge in [0.05, 0.1) is 11.4 Å². The van der Waals surface area contributed by atoms with Crippen molar-refractivity contribution in [1.29, 1.82) is 0 Å². The van der Waals surface area contributed by atoms with Crippen LogP contribution in [0.5, 0.6) is 0 Å². The molecule has 7 nitrogen and oxygen atoms in total. The number of rotatable bonds is 8. The summed E-state index contributed by atoms with van der Waals surface area (Å²) in [6, 6.07) is 20.5. The number of para-hydroxylation sites is 2. The molecule has 0 spiro atoms. The number of aromatic nitrogens is 2. The number of aryl methyl sites for hydroxylation is 2. The van der Waals surface area contributed by atoms with E-state index in [-0.39, 0.29) is 5.91 Å². The van der Waals surface area contributed by atoms with Gasteiger partial charge >= 0.3 is 0 Å². The van der Waals surface area contributed by atoms with Crippen molar-refractivity contribution in [3.8, 4) is 0 Å². The molecule has 1 aromatic heterocycles. The molecule has 0 aliphatic carbocycles. The molecule has 184 valence electrons. The van der Waals surface area contributed by atoms with Crippen molar-refractivity contribution in [3.63, 3.8) is 0 Å². The average molecular weight is 501 g/mol. The molecule has 0 radical (unpaired) electrons. The summed E-state index contributed by atoms with van der Waals surface area (Å²) < 4.78 is 0. The summed E-state index contributed by atoms with van der Waals surface area (Å²) in [5, 5.41) is 9.70. The number of nitrogen functional groups attached to an aromatic ring is 1. The Labute approximate surface area is 216 Å². The monoisotopic (exact) mass is 500 g/mol. The second-order valence-electron chi connectivity index (χ2n) is 8.70. The Bertz CT molecular complexity index is 1360. The zero-order chi connectivity index (χ0) is 25.7. The molecule has 0 saturated carbocycles. The average Bonchev–Trinajstić information content (AvgIpc) is 2.86. The molecule has 1 heterocycles. The molecule has 8 heteroatoms. The smallest absolute Gasteiger partial charge is 0.255 e. The number of halogens is 1. The summed E-state index contributed by atoms with van der Waals surface area (Å²) in [7, 11) is 0. The summed E-state index contributed by atoms with van der Waals surface area (Å²) in [5.41, 5.74) is 13.5. The maximum absolute atomic E-state index is 12.5. The van der Waals surface area contributed by atoms with Crippen LogP contribution in [0.15, 0.2) is 66.7 Å².